The van der Waals surface area contributed by atoms with E-state index in [4.69, 9.17) is 0 Å². The number of aromatic nitrogens is 3. The molecule has 5 nitrogen and oxygen atoms in total. The molecule has 1 aromatic heterocycles. The predicted molar refractivity (Wildman–Crippen MR) is 76.9 cm³/mol. The van der Waals surface area contributed by atoms with Crippen molar-refractivity contribution in [2.75, 3.05) is 13.6 Å². The molecule has 0 amide bonds. The molecule has 0 unspecified atom stereocenters. The lowest BCUT2D eigenvalue weighted by atomic mass is 10.1. The minimum Gasteiger partial charge on any atom is -0.308 e. The molecule has 0 spiro atoms. The molecule has 0 saturated heterocycles. The zero-order valence-corrected chi connectivity index (χ0v) is 12.5. The van der Waals surface area contributed by atoms with Gasteiger partial charge in [-0.15, -0.1) is 5.10 Å². The van der Waals surface area contributed by atoms with E-state index in [1.54, 1.807) is 0 Å². The van der Waals surface area contributed by atoms with Gasteiger partial charge in [-0.25, -0.2) is 0 Å². The van der Waals surface area contributed by atoms with Crippen molar-refractivity contribution >= 4 is 0 Å². The summed E-state index contributed by atoms with van der Waals surface area (Å²) in [5.41, 5.74) is 1.05. The zero-order chi connectivity index (χ0) is 13.7. The van der Waals surface area contributed by atoms with Crippen LogP contribution < -0.4 is 5.32 Å². The molecule has 1 aliphatic carbocycles. The first-order valence-electron chi connectivity index (χ1n) is 7.55. The Morgan fingerprint density at radius 2 is 2.16 bits per heavy atom. The molecule has 1 saturated carbocycles. The first kappa shape index (κ1) is 14.5. The van der Waals surface area contributed by atoms with Crippen LogP contribution in [0.15, 0.2) is 6.20 Å². The van der Waals surface area contributed by atoms with E-state index in [1.807, 2.05) is 4.68 Å². The Bertz CT molecular complexity index is 368. The van der Waals surface area contributed by atoms with Crippen LogP contribution in [0, 0.1) is 0 Å². The summed E-state index contributed by atoms with van der Waals surface area (Å²) in [7, 11) is 2.20. The van der Waals surface area contributed by atoms with Crippen molar-refractivity contribution in [3.63, 3.8) is 0 Å². The van der Waals surface area contributed by atoms with Crippen molar-refractivity contribution in [1.29, 1.82) is 0 Å². The Balaban J connectivity index is 1.72. The fourth-order valence-electron chi connectivity index (χ4n) is 2.42. The molecular formula is C14H27N5. The number of hydrogen-bond donors (Lipinski definition) is 1. The van der Waals surface area contributed by atoms with Gasteiger partial charge in [0.05, 0.1) is 12.2 Å². The predicted octanol–water partition coefficient (Wildman–Crippen LogP) is 1.65. The van der Waals surface area contributed by atoms with Crippen LogP contribution in [0.3, 0.4) is 0 Å². The SMILES string of the molecule is CCC(CC)N(C)CCn1cc(CNC2CC2)nn1. The molecule has 1 aromatic rings. The van der Waals surface area contributed by atoms with Gasteiger partial charge in [0.2, 0.25) is 0 Å². The topological polar surface area (TPSA) is 46.0 Å². The lowest BCUT2D eigenvalue weighted by molar-refractivity contribution is 0.218. The fraction of sp³-hybridized carbons (Fsp3) is 0.857. The van der Waals surface area contributed by atoms with E-state index in [9.17, 15) is 0 Å². The standard InChI is InChI=1S/C14H27N5/c1-4-14(5-2)18(3)8-9-19-11-13(16-17-19)10-15-12-6-7-12/h11-12,14-15H,4-10H2,1-3H3. The second kappa shape index (κ2) is 7.01. The first-order valence-corrected chi connectivity index (χ1v) is 7.55. The Hall–Kier alpha value is -0.940. The van der Waals surface area contributed by atoms with Crippen molar-refractivity contribution in [2.24, 2.45) is 0 Å². The van der Waals surface area contributed by atoms with E-state index in [0.717, 1.165) is 31.4 Å². The van der Waals surface area contributed by atoms with Crippen LogP contribution >= 0.6 is 0 Å². The highest BCUT2D eigenvalue weighted by molar-refractivity contribution is 4.94. The van der Waals surface area contributed by atoms with Crippen molar-refractivity contribution in [2.45, 2.75) is 64.7 Å². The van der Waals surface area contributed by atoms with E-state index in [1.165, 1.54) is 25.7 Å². The average Bonchev–Trinajstić information content (AvgIpc) is 3.14. The number of hydrogen-bond acceptors (Lipinski definition) is 4. The third-order valence-corrected chi connectivity index (χ3v) is 3.98. The molecule has 5 heteroatoms. The summed E-state index contributed by atoms with van der Waals surface area (Å²) in [6.07, 6.45) is 7.11. The summed E-state index contributed by atoms with van der Waals surface area (Å²) < 4.78 is 1.96. The molecule has 0 radical (unpaired) electrons. The molecule has 1 aliphatic rings. The molecule has 1 fully saturated rings. The van der Waals surface area contributed by atoms with Gasteiger partial charge in [-0.3, -0.25) is 4.68 Å². The van der Waals surface area contributed by atoms with Crippen LogP contribution in [0.1, 0.15) is 45.2 Å². The van der Waals surface area contributed by atoms with Crippen LogP contribution in [0.4, 0.5) is 0 Å². The van der Waals surface area contributed by atoms with Gasteiger partial charge >= 0.3 is 0 Å². The number of likely N-dealkylation sites (N-methyl/N-ethyl adjacent to an activating group) is 1. The van der Waals surface area contributed by atoms with E-state index in [2.05, 4.69) is 47.6 Å². The second-order valence-corrected chi connectivity index (χ2v) is 5.58. The van der Waals surface area contributed by atoms with Crippen LogP contribution in [0.5, 0.6) is 0 Å². The van der Waals surface area contributed by atoms with Crippen molar-refractivity contribution in [3.05, 3.63) is 11.9 Å². The van der Waals surface area contributed by atoms with Gasteiger partial charge in [-0.05, 0) is 32.7 Å². The average molecular weight is 265 g/mol. The van der Waals surface area contributed by atoms with Crippen LogP contribution in [0.2, 0.25) is 0 Å². The Labute approximate surface area is 116 Å². The summed E-state index contributed by atoms with van der Waals surface area (Å²) in [5, 5.41) is 11.9. The highest BCUT2D eigenvalue weighted by atomic mass is 15.4. The molecule has 108 valence electrons. The molecule has 2 rings (SSSR count). The maximum Gasteiger partial charge on any atom is 0.0964 e. The normalized spacial score (nSPS) is 15.6. The fourth-order valence-corrected chi connectivity index (χ4v) is 2.42. The summed E-state index contributed by atoms with van der Waals surface area (Å²) in [4.78, 5) is 2.42. The Morgan fingerprint density at radius 1 is 1.42 bits per heavy atom. The van der Waals surface area contributed by atoms with Gasteiger partial charge in [0.1, 0.15) is 0 Å². The second-order valence-electron chi connectivity index (χ2n) is 5.58. The van der Waals surface area contributed by atoms with E-state index < -0.39 is 0 Å². The summed E-state index contributed by atoms with van der Waals surface area (Å²) in [5.74, 6) is 0. The number of nitrogens with one attached hydrogen (secondary N) is 1. The van der Waals surface area contributed by atoms with Gasteiger partial charge in [0.25, 0.3) is 0 Å². The number of rotatable bonds is 9. The monoisotopic (exact) mass is 265 g/mol. The largest absolute Gasteiger partial charge is 0.308 e. The zero-order valence-electron chi connectivity index (χ0n) is 12.5. The van der Waals surface area contributed by atoms with Crippen molar-refractivity contribution in [1.82, 2.24) is 25.2 Å². The third-order valence-electron chi connectivity index (χ3n) is 3.98. The molecule has 0 bridgehead atoms. The van der Waals surface area contributed by atoms with Gasteiger partial charge in [0.15, 0.2) is 0 Å². The van der Waals surface area contributed by atoms with Gasteiger partial charge < -0.3 is 10.2 Å². The molecule has 0 atom stereocenters. The van der Waals surface area contributed by atoms with Crippen LogP contribution in [-0.2, 0) is 13.1 Å². The summed E-state index contributed by atoms with van der Waals surface area (Å²) >= 11 is 0. The van der Waals surface area contributed by atoms with Gasteiger partial charge in [-0.1, -0.05) is 19.1 Å². The van der Waals surface area contributed by atoms with Crippen molar-refractivity contribution in [3.8, 4) is 0 Å². The minimum atomic E-state index is 0.680. The highest BCUT2D eigenvalue weighted by Gasteiger charge is 2.20. The first-order chi connectivity index (χ1) is 9.22. The van der Waals surface area contributed by atoms with Crippen LogP contribution in [-0.4, -0.2) is 45.6 Å². The minimum absolute atomic E-state index is 0.680. The summed E-state index contributed by atoms with van der Waals surface area (Å²) in [6.45, 7) is 7.31. The quantitative estimate of drug-likeness (QED) is 0.737. The number of nitrogens with zero attached hydrogens (tertiary/aromatic N) is 4. The molecular weight excluding hydrogens is 238 g/mol. The summed E-state index contributed by atoms with van der Waals surface area (Å²) in [6, 6.07) is 1.41. The van der Waals surface area contributed by atoms with E-state index in [-0.39, 0.29) is 0 Å². The molecule has 19 heavy (non-hydrogen) atoms. The Morgan fingerprint density at radius 3 is 2.79 bits per heavy atom. The van der Waals surface area contributed by atoms with E-state index in [0.29, 0.717) is 6.04 Å². The van der Waals surface area contributed by atoms with E-state index >= 15 is 0 Å². The third kappa shape index (κ3) is 4.58. The van der Waals surface area contributed by atoms with Crippen LogP contribution in [0.25, 0.3) is 0 Å². The Kier molecular flexibility index (Phi) is 5.34. The smallest absolute Gasteiger partial charge is 0.0964 e. The van der Waals surface area contributed by atoms with Gasteiger partial charge in [-0.2, -0.15) is 0 Å². The van der Waals surface area contributed by atoms with Gasteiger partial charge in [0, 0.05) is 31.4 Å². The maximum atomic E-state index is 4.21. The molecule has 1 N–H and O–H groups in total. The molecule has 0 aromatic carbocycles. The molecule has 0 aliphatic heterocycles. The molecule has 1 heterocycles. The lowest BCUT2D eigenvalue weighted by Gasteiger charge is -2.25. The maximum absolute atomic E-state index is 4.21. The highest BCUT2D eigenvalue weighted by Crippen LogP contribution is 2.18. The lowest BCUT2D eigenvalue weighted by Crippen LogP contribution is -2.33. The van der Waals surface area contributed by atoms with Crippen molar-refractivity contribution < 1.29 is 0 Å².